The largest absolute Gasteiger partial charge is 0.497 e. The lowest BCUT2D eigenvalue weighted by atomic mass is 10.1. The van der Waals surface area contributed by atoms with Crippen molar-refractivity contribution in [3.05, 3.63) is 53.6 Å². The van der Waals surface area contributed by atoms with Crippen LogP contribution < -0.4 is 20.2 Å². The van der Waals surface area contributed by atoms with E-state index in [2.05, 4.69) is 10.7 Å². The first-order chi connectivity index (χ1) is 17.7. The van der Waals surface area contributed by atoms with Gasteiger partial charge in [0.2, 0.25) is 5.91 Å². The van der Waals surface area contributed by atoms with Crippen molar-refractivity contribution < 1.29 is 33.4 Å². The summed E-state index contributed by atoms with van der Waals surface area (Å²) in [6.45, 7) is 3.97. The molecule has 11 nitrogen and oxygen atoms in total. The summed E-state index contributed by atoms with van der Waals surface area (Å²) in [6, 6.07) is 9.75. The van der Waals surface area contributed by atoms with Crippen molar-refractivity contribution >= 4 is 46.7 Å². The highest BCUT2D eigenvalue weighted by Crippen LogP contribution is 2.24. The molecule has 37 heavy (non-hydrogen) atoms. The Labute approximate surface area is 219 Å². The molecule has 12 heteroatoms. The van der Waals surface area contributed by atoms with Crippen molar-refractivity contribution in [2.24, 2.45) is 0 Å². The fraction of sp³-hybridized carbons (Fsp3) is 0.320. The lowest BCUT2D eigenvalue weighted by Gasteiger charge is -2.24. The van der Waals surface area contributed by atoms with Crippen LogP contribution in [0.1, 0.15) is 41.0 Å². The second-order valence-corrected chi connectivity index (χ2v) is 8.21. The molecule has 1 aliphatic rings. The van der Waals surface area contributed by atoms with Gasteiger partial charge in [0.05, 0.1) is 32.8 Å². The van der Waals surface area contributed by atoms with E-state index in [4.69, 9.17) is 26.4 Å². The maximum absolute atomic E-state index is 13.0. The van der Waals surface area contributed by atoms with Gasteiger partial charge in [0, 0.05) is 23.9 Å². The summed E-state index contributed by atoms with van der Waals surface area (Å²) < 4.78 is 15.4. The van der Waals surface area contributed by atoms with Gasteiger partial charge in [0.15, 0.2) is 5.11 Å². The van der Waals surface area contributed by atoms with Gasteiger partial charge in [-0.15, -0.1) is 0 Å². The number of hydrogen-bond acceptors (Lipinski definition) is 8. The minimum absolute atomic E-state index is 0.0762. The summed E-state index contributed by atoms with van der Waals surface area (Å²) in [6.07, 6.45) is -0.281. The van der Waals surface area contributed by atoms with Crippen molar-refractivity contribution in [2.45, 2.75) is 26.3 Å². The zero-order chi connectivity index (χ0) is 27.1. The first kappa shape index (κ1) is 27.4. The minimum atomic E-state index is -1.05. The maximum atomic E-state index is 13.0. The van der Waals surface area contributed by atoms with Gasteiger partial charge in [0.1, 0.15) is 17.5 Å². The fourth-order valence-corrected chi connectivity index (χ4v) is 4.04. The number of hydrazine groups is 1. The summed E-state index contributed by atoms with van der Waals surface area (Å²) >= 11 is 5.41. The van der Waals surface area contributed by atoms with E-state index in [1.165, 1.54) is 48.4 Å². The number of anilines is 1. The molecular formula is C25H28N4O7S. The quantitative estimate of drug-likeness (QED) is 0.353. The monoisotopic (exact) mass is 528 g/mol. The van der Waals surface area contributed by atoms with Gasteiger partial charge in [-0.2, -0.15) is 0 Å². The normalized spacial score (nSPS) is 14.9. The van der Waals surface area contributed by atoms with E-state index in [0.717, 1.165) is 0 Å². The molecule has 0 saturated carbocycles. The maximum Gasteiger partial charge on any atom is 0.338 e. The Bertz CT molecular complexity index is 1180. The van der Waals surface area contributed by atoms with Crippen LogP contribution in [-0.4, -0.2) is 72.1 Å². The number of nitrogens with zero attached hydrogens (tertiary/aromatic N) is 2. The number of esters is 1. The van der Waals surface area contributed by atoms with Gasteiger partial charge < -0.3 is 19.5 Å². The molecule has 0 bridgehead atoms. The fourth-order valence-electron chi connectivity index (χ4n) is 3.65. The first-order valence-electron chi connectivity index (χ1n) is 11.5. The number of ether oxygens (including phenoxy) is 3. The molecule has 1 atom stereocenters. The minimum Gasteiger partial charge on any atom is -0.497 e. The number of benzene rings is 2. The summed E-state index contributed by atoms with van der Waals surface area (Å²) in [5, 5.41) is 3.99. The van der Waals surface area contributed by atoms with E-state index >= 15 is 0 Å². The van der Waals surface area contributed by atoms with Gasteiger partial charge in [-0.1, -0.05) is 0 Å². The Morgan fingerprint density at radius 1 is 0.973 bits per heavy atom. The van der Waals surface area contributed by atoms with Crippen LogP contribution in [0.3, 0.4) is 0 Å². The molecule has 1 unspecified atom stereocenters. The Balaban J connectivity index is 1.75. The predicted octanol–water partition coefficient (Wildman–Crippen LogP) is 2.37. The molecule has 196 valence electrons. The van der Waals surface area contributed by atoms with Crippen molar-refractivity contribution in [2.75, 3.05) is 32.7 Å². The number of nitrogens with one attached hydrogen (secondary N) is 2. The number of likely N-dealkylation sites (N-methyl/N-ethyl adjacent to an activating group) is 1. The van der Waals surface area contributed by atoms with Crippen LogP contribution >= 0.6 is 12.2 Å². The molecule has 1 heterocycles. The lowest BCUT2D eigenvalue weighted by molar-refractivity contribution is -0.130. The number of carbonyl (C=O) groups is 4. The molecule has 1 saturated heterocycles. The van der Waals surface area contributed by atoms with Gasteiger partial charge in [-0.3, -0.25) is 24.7 Å². The second-order valence-electron chi connectivity index (χ2n) is 7.84. The summed E-state index contributed by atoms with van der Waals surface area (Å²) in [5.74, 6) is -1.11. The van der Waals surface area contributed by atoms with Gasteiger partial charge in [-0.05, 0) is 62.5 Å². The van der Waals surface area contributed by atoms with Gasteiger partial charge >= 0.3 is 5.97 Å². The van der Waals surface area contributed by atoms with Crippen molar-refractivity contribution in [3.63, 3.8) is 0 Å². The van der Waals surface area contributed by atoms with Gasteiger partial charge in [-0.25, -0.2) is 9.80 Å². The molecule has 3 rings (SSSR count). The number of carbonyl (C=O) groups excluding carboxylic acids is 4. The SMILES string of the molecule is CCOC(=O)c1ccc(NC(=O)CC2C(=O)N(CC)C(=S)N2NC(=O)c2cc(OC)cc(OC)c2)cc1. The molecule has 0 spiro atoms. The Hall–Kier alpha value is -4.19. The highest BCUT2D eigenvalue weighted by Gasteiger charge is 2.44. The van der Waals surface area contributed by atoms with Crippen molar-refractivity contribution in [3.8, 4) is 11.5 Å². The molecular weight excluding hydrogens is 500 g/mol. The van der Waals surface area contributed by atoms with E-state index in [-0.39, 0.29) is 30.2 Å². The Morgan fingerprint density at radius 3 is 2.14 bits per heavy atom. The third kappa shape index (κ3) is 6.33. The average molecular weight is 529 g/mol. The third-order valence-electron chi connectivity index (χ3n) is 5.51. The molecule has 2 aromatic carbocycles. The van der Waals surface area contributed by atoms with E-state index in [9.17, 15) is 19.2 Å². The Morgan fingerprint density at radius 2 is 1.59 bits per heavy atom. The molecule has 0 aromatic heterocycles. The van der Waals surface area contributed by atoms with Crippen LogP contribution in [-0.2, 0) is 14.3 Å². The number of amides is 3. The number of rotatable bonds is 10. The van der Waals surface area contributed by atoms with Crippen LogP contribution in [0.5, 0.6) is 11.5 Å². The summed E-state index contributed by atoms with van der Waals surface area (Å²) in [7, 11) is 2.92. The average Bonchev–Trinajstić information content (AvgIpc) is 3.11. The van der Waals surface area contributed by atoms with E-state index in [1.54, 1.807) is 32.0 Å². The Kier molecular flexibility index (Phi) is 9.01. The summed E-state index contributed by atoms with van der Waals surface area (Å²) in [4.78, 5) is 52.0. The predicted molar refractivity (Wildman–Crippen MR) is 138 cm³/mol. The van der Waals surface area contributed by atoms with Crippen LogP contribution in [0.4, 0.5) is 5.69 Å². The number of thiocarbonyl (C=S) groups is 1. The van der Waals surface area contributed by atoms with Crippen LogP contribution in [0, 0.1) is 0 Å². The van der Waals surface area contributed by atoms with Crippen LogP contribution in [0.25, 0.3) is 0 Å². The molecule has 3 amide bonds. The topological polar surface area (TPSA) is 127 Å². The van der Waals surface area contributed by atoms with E-state index in [1.807, 2.05) is 0 Å². The zero-order valence-electron chi connectivity index (χ0n) is 20.9. The first-order valence-corrected chi connectivity index (χ1v) is 11.9. The lowest BCUT2D eigenvalue weighted by Crippen LogP contribution is -2.49. The van der Waals surface area contributed by atoms with Crippen molar-refractivity contribution in [1.82, 2.24) is 15.3 Å². The molecule has 2 aromatic rings. The zero-order valence-corrected chi connectivity index (χ0v) is 21.7. The third-order valence-corrected chi connectivity index (χ3v) is 5.93. The summed E-state index contributed by atoms with van der Waals surface area (Å²) in [5.41, 5.74) is 3.63. The van der Waals surface area contributed by atoms with Crippen LogP contribution in [0.2, 0.25) is 0 Å². The molecule has 0 radical (unpaired) electrons. The van der Waals surface area contributed by atoms with Gasteiger partial charge in [0.25, 0.3) is 11.8 Å². The second kappa shape index (κ2) is 12.2. The molecule has 1 fully saturated rings. The number of methoxy groups -OCH3 is 2. The molecule has 2 N–H and O–H groups in total. The van der Waals surface area contributed by atoms with Crippen LogP contribution in [0.15, 0.2) is 42.5 Å². The smallest absolute Gasteiger partial charge is 0.338 e. The van der Waals surface area contributed by atoms with E-state index < -0.39 is 29.7 Å². The molecule has 1 aliphatic heterocycles. The van der Waals surface area contributed by atoms with E-state index in [0.29, 0.717) is 22.7 Å². The molecule has 0 aliphatic carbocycles. The standard InChI is InChI=1S/C25H28N4O7S/c1-5-28-23(32)20(14-21(30)26-17-9-7-15(8-10-17)24(33)36-6-2)29(25(28)37)27-22(31)16-11-18(34-3)13-19(12-16)35-4/h7-13,20H,5-6,14H2,1-4H3,(H,26,30)(H,27,31). The highest BCUT2D eigenvalue weighted by atomic mass is 32.1. The number of hydrogen-bond donors (Lipinski definition) is 2. The highest BCUT2D eigenvalue weighted by molar-refractivity contribution is 7.80. The van der Waals surface area contributed by atoms with Crippen molar-refractivity contribution in [1.29, 1.82) is 0 Å².